The van der Waals surface area contributed by atoms with Crippen LogP contribution in [0.2, 0.25) is 0 Å². The van der Waals surface area contributed by atoms with Crippen LogP contribution in [0.4, 0.5) is 5.69 Å². The van der Waals surface area contributed by atoms with Gasteiger partial charge in [-0.3, -0.25) is 25.0 Å². The molecular weight excluding hydrogens is 614 g/mol. The number of non-ortho nitro benzene ring substituents is 1. The Hall–Kier alpha value is -5.07. The SMILES string of the molecule is C=C[C@@H]1C[N@]2CC[C@H]1C[C@@H]2[C@@H](OC(=O)C1=C(C)N(N)C(C)=C(C(=O)OC)[C@H]1c1cccc([N+](=O)[O-])c1)c1ccnc2ccc(OC)cc12. The minimum Gasteiger partial charge on any atom is -0.497 e. The van der Waals surface area contributed by atoms with Crippen LogP contribution >= 0.6 is 0 Å². The molecule has 12 nitrogen and oxygen atoms in total. The molecule has 0 saturated carbocycles. The number of pyridine rings is 1. The number of nitro benzene ring substituents is 1. The number of ether oxygens (including phenoxy) is 3. The molecule has 0 aliphatic carbocycles. The molecule has 0 radical (unpaired) electrons. The Morgan fingerprint density at radius 3 is 2.50 bits per heavy atom. The number of carbonyl (C=O) groups excluding carboxylic acids is 2. The Morgan fingerprint density at radius 2 is 1.85 bits per heavy atom. The van der Waals surface area contributed by atoms with Crippen molar-refractivity contribution < 1.29 is 28.7 Å². The second kappa shape index (κ2) is 13.2. The molecule has 4 aliphatic rings. The zero-order valence-corrected chi connectivity index (χ0v) is 27.4. The van der Waals surface area contributed by atoms with Gasteiger partial charge >= 0.3 is 11.9 Å². The molecule has 4 aliphatic heterocycles. The first-order valence-electron chi connectivity index (χ1n) is 15.9. The quantitative estimate of drug-likeness (QED) is 0.105. The van der Waals surface area contributed by atoms with Crippen LogP contribution < -0.4 is 10.6 Å². The summed E-state index contributed by atoms with van der Waals surface area (Å²) in [5.41, 5.74) is 2.53. The summed E-state index contributed by atoms with van der Waals surface area (Å²) in [6.45, 7) is 9.02. The van der Waals surface area contributed by atoms with Crippen molar-refractivity contribution in [1.29, 1.82) is 0 Å². The molecule has 0 spiro atoms. The topological polar surface area (TPSA) is 150 Å². The number of hydrogen-bond acceptors (Lipinski definition) is 11. The number of carbonyl (C=O) groups is 2. The summed E-state index contributed by atoms with van der Waals surface area (Å²) in [4.78, 5) is 46.3. The van der Waals surface area contributed by atoms with Crippen LogP contribution in [0.15, 0.2) is 89.9 Å². The Balaban J connectivity index is 1.50. The van der Waals surface area contributed by atoms with E-state index >= 15 is 0 Å². The highest BCUT2D eigenvalue weighted by Gasteiger charge is 2.46. The van der Waals surface area contributed by atoms with Crippen LogP contribution in [-0.2, 0) is 19.1 Å². The Bertz CT molecular complexity index is 1870. The van der Waals surface area contributed by atoms with E-state index in [1.807, 2.05) is 30.3 Å². The number of nitrogens with two attached hydrogens (primary N) is 1. The third-order valence-corrected chi connectivity index (χ3v) is 10.1. The molecular formula is C36H39N5O7. The predicted octanol–water partition coefficient (Wildman–Crippen LogP) is 5.33. The molecule has 250 valence electrons. The van der Waals surface area contributed by atoms with Gasteiger partial charge in [0, 0.05) is 47.2 Å². The molecule has 7 rings (SSSR count). The van der Waals surface area contributed by atoms with Crippen LogP contribution in [0.3, 0.4) is 0 Å². The summed E-state index contributed by atoms with van der Waals surface area (Å²) in [5, 5.41) is 13.8. The third-order valence-electron chi connectivity index (χ3n) is 10.1. The molecule has 2 bridgehead atoms. The van der Waals surface area contributed by atoms with Gasteiger partial charge in [-0.15, -0.1) is 6.58 Å². The molecule has 2 N–H and O–H groups in total. The van der Waals surface area contributed by atoms with E-state index in [9.17, 15) is 19.7 Å². The van der Waals surface area contributed by atoms with E-state index in [4.69, 9.17) is 20.1 Å². The molecule has 6 atom stereocenters. The van der Waals surface area contributed by atoms with Crippen molar-refractivity contribution in [2.45, 2.75) is 44.8 Å². The number of benzene rings is 2. The molecule has 12 heteroatoms. The average Bonchev–Trinajstić information content (AvgIpc) is 3.11. The lowest BCUT2D eigenvalue weighted by molar-refractivity contribution is -0.384. The van der Waals surface area contributed by atoms with Crippen LogP contribution in [-0.4, -0.2) is 65.1 Å². The maximum absolute atomic E-state index is 14.8. The van der Waals surface area contributed by atoms with Gasteiger partial charge in [0.15, 0.2) is 0 Å². The summed E-state index contributed by atoms with van der Waals surface area (Å²) >= 11 is 0. The molecule has 3 fully saturated rings. The number of aromatic nitrogens is 1. The highest BCUT2D eigenvalue weighted by atomic mass is 16.6. The number of piperidine rings is 3. The van der Waals surface area contributed by atoms with Crippen LogP contribution in [0.1, 0.15) is 49.8 Å². The van der Waals surface area contributed by atoms with Crippen molar-refractivity contribution in [3.05, 3.63) is 111 Å². The van der Waals surface area contributed by atoms with E-state index in [1.165, 1.54) is 30.3 Å². The number of methoxy groups -OCH3 is 2. The van der Waals surface area contributed by atoms with Gasteiger partial charge in [-0.05, 0) is 74.9 Å². The largest absolute Gasteiger partial charge is 0.497 e. The first-order valence-corrected chi connectivity index (χ1v) is 15.9. The monoisotopic (exact) mass is 653 g/mol. The standard InChI is InChI=1S/C36H39N5O7/c1-6-22-19-39-15-13-23(22)17-30(39)34(27-12-14-38-29-11-10-26(46-4)18-28(27)29)48-36(43)32-21(3)40(37)20(2)31(35(42)47-5)33(32)24-8-7-9-25(16-24)41(44)45/h6-12,14,16,18,22-23,30,33-34H,1,13,15,17,19,37H2,2-5H3/t22-,23+,30-,33-,34+/m1/s1. The van der Waals surface area contributed by atoms with Crippen LogP contribution in [0.5, 0.6) is 5.75 Å². The first kappa shape index (κ1) is 32.9. The van der Waals surface area contributed by atoms with Crippen molar-refractivity contribution in [2.24, 2.45) is 17.7 Å². The Labute approximate surface area is 278 Å². The second-order valence-corrected chi connectivity index (χ2v) is 12.5. The zero-order chi connectivity index (χ0) is 34.3. The summed E-state index contributed by atoms with van der Waals surface area (Å²) in [5.74, 6) is 5.37. The zero-order valence-electron chi connectivity index (χ0n) is 27.4. The van der Waals surface area contributed by atoms with Gasteiger partial charge in [-0.25, -0.2) is 15.4 Å². The Morgan fingerprint density at radius 1 is 1.10 bits per heavy atom. The Kier molecular flexibility index (Phi) is 9.04. The minimum atomic E-state index is -1.05. The van der Waals surface area contributed by atoms with E-state index < -0.39 is 28.9 Å². The van der Waals surface area contributed by atoms with E-state index in [2.05, 4.69) is 16.5 Å². The summed E-state index contributed by atoms with van der Waals surface area (Å²) < 4.78 is 17.3. The number of hydrogen-bond donors (Lipinski definition) is 1. The van der Waals surface area contributed by atoms with Gasteiger partial charge in [-0.2, -0.15) is 0 Å². The second-order valence-electron chi connectivity index (χ2n) is 12.5. The highest BCUT2D eigenvalue weighted by Crippen LogP contribution is 2.46. The lowest BCUT2D eigenvalue weighted by atomic mass is 9.73. The van der Waals surface area contributed by atoms with Crippen molar-refractivity contribution in [1.82, 2.24) is 14.9 Å². The molecule has 0 amide bonds. The molecule has 3 aromatic rings. The maximum atomic E-state index is 14.8. The van der Waals surface area contributed by atoms with Crippen molar-refractivity contribution >= 4 is 28.5 Å². The molecule has 48 heavy (non-hydrogen) atoms. The van der Waals surface area contributed by atoms with Gasteiger partial charge < -0.3 is 14.2 Å². The summed E-state index contributed by atoms with van der Waals surface area (Å²) in [6, 6.07) is 13.2. The number of nitro groups is 1. The first-order chi connectivity index (χ1) is 23.1. The van der Waals surface area contributed by atoms with Crippen molar-refractivity contribution in [3.63, 3.8) is 0 Å². The minimum absolute atomic E-state index is 0.0861. The van der Waals surface area contributed by atoms with Gasteiger partial charge in [-0.1, -0.05) is 18.2 Å². The van der Waals surface area contributed by atoms with E-state index in [-0.39, 0.29) is 22.9 Å². The van der Waals surface area contributed by atoms with Crippen molar-refractivity contribution in [2.75, 3.05) is 27.3 Å². The number of fused-ring (bicyclic) bond motifs is 4. The predicted molar refractivity (Wildman–Crippen MR) is 178 cm³/mol. The van der Waals surface area contributed by atoms with Gasteiger partial charge in [0.2, 0.25) is 0 Å². The molecule has 5 heterocycles. The number of allylic oxidation sites excluding steroid dienone is 2. The van der Waals surface area contributed by atoms with Crippen LogP contribution in [0, 0.1) is 22.0 Å². The van der Waals surface area contributed by atoms with Crippen LogP contribution in [0.25, 0.3) is 10.9 Å². The number of nitrogens with zero attached hydrogens (tertiary/aromatic N) is 4. The highest BCUT2D eigenvalue weighted by molar-refractivity contribution is 6.00. The lowest BCUT2D eigenvalue weighted by Gasteiger charge is -2.51. The fourth-order valence-corrected chi connectivity index (χ4v) is 7.61. The van der Waals surface area contributed by atoms with E-state index in [0.717, 1.165) is 42.4 Å². The average molecular weight is 654 g/mol. The molecule has 0 unspecified atom stereocenters. The fourth-order valence-electron chi connectivity index (χ4n) is 7.61. The van der Waals surface area contributed by atoms with E-state index in [0.29, 0.717) is 34.5 Å². The molecule has 3 saturated heterocycles. The third kappa shape index (κ3) is 5.71. The van der Waals surface area contributed by atoms with Crippen molar-refractivity contribution in [3.8, 4) is 5.75 Å². The summed E-state index contributed by atoms with van der Waals surface area (Å²) in [7, 11) is 2.83. The fraction of sp³-hybridized carbons (Fsp3) is 0.361. The van der Waals surface area contributed by atoms with Gasteiger partial charge in [0.05, 0.1) is 47.8 Å². The molecule has 2 aromatic carbocycles. The maximum Gasteiger partial charge on any atom is 0.337 e. The van der Waals surface area contributed by atoms with Gasteiger partial charge in [0.25, 0.3) is 5.69 Å². The smallest absolute Gasteiger partial charge is 0.337 e. The lowest BCUT2D eigenvalue weighted by Crippen LogP contribution is -2.55. The van der Waals surface area contributed by atoms with Gasteiger partial charge in [0.1, 0.15) is 11.9 Å². The number of esters is 2. The number of rotatable bonds is 9. The summed E-state index contributed by atoms with van der Waals surface area (Å²) in [6.07, 6.45) is 4.78. The molecule has 1 aromatic heterocycles. The normalized spacial score (nSPS) is 24.4. The number of hydrazine groups is 1. The van der Waals surface area contributed by atoms with E-state index in [1.54, 1.807) is 33.2 Å².